The standard InChI is InChI=1S/C9H7BrF2N2.ClH/c10-5-3-6(11)9(7(12)4-5)8(14)1-2-13;/h3-4,8H,1,14H2;1H/t8-;/m0./s1. The molecule has 6 heteroatoms. The fraction of sp³-hybridized carbons (Fsp3) is 0.222. The van der Waals surface area contributed by atoms with Gasteiger partial charge in [-0.3, -0.25) is 0 Å². The van der Waals surface area contributed by atoms with Gasteiger partial charge in [0.1, 0.15) is 11.6 Å². The number of nitrogens with two attached hydrogens (primary N) is 1. The zero-order valence-corrected chi connectivity index (χ0v) is 9.91. The molecule has 0 fully saturated rings. The molecular formula is C9H8BrClF2N2. The first-order chi connectivity index (χ1) is 6.56. The fourth-order valence-corrected chi connectivity index (χ4v) is 1.51. The van der Waals surface area contributed by atoms with Crippen LogP contribution in [0.5, 0.6) is 0 Å². The van der Waals surface area contributed by atoms with Crippen LogP contribution in [0.4, 0.5) is 8.78 Å². The van der Waals surface area contributed by atoms with Gasteiger partial charge in [-0.1, -0.05) is 15.9 Å². The first-order valence-electron chi connectivity index (χ1n) is 3.83. The molecule has 0 bridgehead atoms. The predicted molar refractivity (Wildman–Crippen MR) is 58.5 cm³/mol. The second-order valence-electron chi connectivity index (χ2n) is 2.75. The van der Waals surface area contributed by atoms with Crippen molar-refractivity contribution in [3.8, 4) is 6.07 Å². The lowest BCUT2D eigenvalue weighted by atomic mass is 10.0. The highest BCUT2D eigenvalue weighted by Crippen LogP contribution is 2.24. The lowest BCUT2D eigenvalue weighted by Crippen LogP contribution is -2.13. The van der Waals surface area contributed by atoms with E-state index in [1.807, 2.05) is 0 Å². The molecule has 0 aliphatic heterocycles. The smallest absolute Gasteiger partial charge is 0.132 e. The minimum Gasteiger partial charge on any atom is -0.323 e. The van der Waals surface area contributed by atoms with Crippen LogP contribution in [0.15, 0.2) is 16.6 Å². The molecule has 82 valence electrons. The van der Waals surface area contributed by atoms with Crippen molar-refractivity contribution in [2.75, 3.05) is 0 Å². The summed E-state index contributed by atoms with van der Waals surface area (Å²) in [5, 5.41) is 8.35. The van der Waals surface area contributed by atoms with Crippen LogP contribution >= 0.6 is 28.3 Å². The third-order valence-electron chi connectivity index (χ3n) is 1.73. The first-order valence-corrected chi connectivity index (χ1v) is 4.62. The van der Waals surface area contributed by atoms with Gasteiger partial charge in [0.25, 0.3) is 0 Å². The van der Waals surface area contributed by atoms with Gasteiger partial charge in [-0.15, -0.1) is 12.4 Å². The van der Waals surface area contributed by atoms with E-state index in [1.165, 1.54) is 0 Å². The van der Waals surface area contributed by atoms with Crippen LogP contribution in [-0.4, -0.2) is 0 Å². The van der Waals surface area contributed by atoms with Crippen LogP contribution in [0, 0.1) is 23.0 Å². The van der Waals surface area contributed by atoms with E-state index in [0.717, 1.165) is 12.1 Å². The molecule has 0 heterocycles. The molecule has 0 aromatic heterocycles. The zero-order valence-electron chi connectivity index (χ0n) is 7.51. The Morgan fingerprint density at radius 1 is 1.40 bits per heavy atom. The molecule has 1 atom stereocenters. The van der Waals surface area contributed by atoms with E-state index in [-0.39, 0.29) is 24.4 Å². The molecular weight excluding hydrogens is 289 g/mol. The fourth-order valence-electron chi connectivity index (χ4n) is 1.11. The van der Waals surface area contributed by atoms with Gasteiger partial charge < -0.3 is 5.73 Å². The monoisotopic (exact) mass is 296 g/mol. The Labute approximate surface area is 101 Å². The Morgan fingerprint density at radius 3 is 2.27 bits per heavy atom. The van der Waals surface area contributed by atoms with Gasteiger partial charge in [-0.05, 0) is 12.1 Å². The van der Waals surface area contributed by atoms with Gasteiger partial charge in [0.05, 0.1) is 12.5 Å². The number of hydrogen-bond acceptors (Lipinski definition) is 2. The second kappa shape index (κ2) is 6.01. The Bertz CT molecular complexity index is 369. The van der Waals surface area contributed by atoms with Gasteiger partial charge in [-0.25, -0.2) is 8.78 Å². The van der Waals surface area contributed by atoms with E-state index in [4.69, 9.17) is 11.0 Å². The summed E-state index contributed by atoms with van der Waals surface area (Å²) in [6.45, 7) is 0. The molecule has 0 spiro atoms. The maximum absolute atomic E-state index is 13.2. The summed E-state index contributed by atoms with van der Waals surface area (Å²) in [5.74, 6) is -1.47. The minimum absolute atomic E-state index is 0. The Hall–Kier alpha value is -0.700. The molecule has 1 aromatic rings. The second-order valence-corrected chi connectivity index (χ2v) is 3.67. The maximum Gasteiger partial charge on any atom is 0.132 e. The number of benzene rings is 1. The molecule has 0 radical (unpaired) electrons. The maximum atomic E-state index is 13.2. The molecule has 15 heavy (non-hydrogen) atoms. The van der Waals surface area contributed by atoms with Crippen molar-refractivity contribution < 1.29 is 8.78 Å². The topological polar surface area (TPSA) is 49.8 Å². The molecule has 0 aliphatic carbocycles. The summed E-state index contributed by atoms with van der Waals surface area (Å²) in [7, 11) is 0. The summed E-state index contributed by atoms with van der Waals surface area (Å²) in [6.07, 6.45) is -0.116. The van der Waals surface area contributed by atoms with Gasteiger partial charge in [0.2, 0.25) is 0 Å². The molecule has 2 nitrogen and oxygen atoms in total. The predicted octanol–water partition coefficient (Wildman–Crippen LogP) is 3.06. The van der Waals surface area contributed by atoms with Crippen molar-refractivity contribution >= 4 is 28.3 Å². The van der Waals surface area contributed by atoms with Crippen molar-refractivity contribution in [3.63, 3.8) is 0 Å². The van der Waals surface area contributed by atoms with E-state index in [0.29, 0.717) is 4.47 Å². The summed E-state index contributed by atoms with van der Waals surface area (Å²) >= 11 is 2.95. The van der Waals surface area contributed by atoms with Crippen LogP contribution < -0.4 is 5.73 Å². The Balaban J connectivity index is 0.00000196. The van der Waals surface area contributed by atoms with E-state index < -0.39 is 17.7 Å². The molecule has 0 unspecified atom stereocenters. The number of rotatable bonds is 2. The van der Waals surface area contributed by atoms with E-state index >= 15 is 0 Å². The highest BCUT2D eigenvalue weighted by Gasteiger charge is 2.17. The van der Waals surface area contributed by atoms with Crippen LogP contribution in [0.1, 0.15) is 18.0 Å². The lowest BCUT2D eigenvalue weighted by Gasteiger charge is -2.10. The summed E-state index contributed by atoms with van der Waals surface area (Å²) in [6, 6.07) is 3.08. The van der Waals surface area contributed by atoms with Gasteiger partial charge in [0.15, 0.2) is 0 Å². The lowest BCUT2D eigenvalue weighted by molar-refractivity contribution is 0.527. The molecule has 0 saturated heterocycles. The number of nitriles is 1. The number of hydrogen-bond donors (Lipinski definition) is 1. The van der Waals surface area contributed by atoms with Crippen molar-refractivity contribution in [3.05, 3.63) is 33.8 Å². The molecule has 0 aliphatic rings. The highest BCUT2D eigenvalue weighted by atomic mass is 79.9. The molecule has 1 rings (SSSR count). The largest absolute Gasteiger partial charge is 0.323 e. The summed E-state index contributed by atoms with van der Waals surface area (Å²) < 4.78 is 26.8. The van der Waals surface area contributed by atoms with Crippen molar-refractivity contribution in [1.29, 1.82) is 5.26 Å². The average Bonchev–Trinajstić information content (AvgIpc) is 2.01. The molecule has 0 amide bonds. The number of nitrogens with zero attached hydrogens (tertiary/aromatic N) is 1. The van der Waals surface area contributed by atoms with E-state index in [2.05, 4.69) is 15.9 Å². The molecule has 1 aromatic carbocycles. The van der Waals surface area contributed by atoms with Gasteiger partial charge >= 0.3 is 0 Å². The highest BCUT2D eigenvalue weighted by molar-refractivity contribution is 9.10. The van der Waals surface area contributed by atoms with E-state index in [1.54, 1.807) is 6.07 Å². The van der Waals surface area contributed by atoms with Crippen molar-refractivity contribution in [2.24, 2.45) is 5.73 Å². The van der Waals surface area contributed by atoms with E-state index in [9.17, 15) is 8.78 Å². The zero-order chi connectivity index (χ0) is 10.7. The average molecular weight is 298 g/mol. The third kappa shape index (κ3) is 3.42. The van der Waals surface area contributed by atoms with Crippen molar-refractivity contribution in [2.45, 2.75) is 12.5 Å². The Morgan fingerprint density at radius 2 is 1.87 bits per heavy atom. The normalized spacial score (nSPS) is 11.4. The SMILES string of the molecule is Cl.N#CC[C@H](N)c1c(F)cc(Br)cc1F. The molecule has 2 N–H and O–H groups in total. The summed E-state index contributed by atoms with van der Waals surface area (Å²) in [4.78, 5) is 0. The van der Waals surface area contributed by atoms with Crippen LogP contribution in [0.3, 0.4) is 0 Å². The van der Waals surface area contributed by atoms with Crippen molar-refractivity contribution in [1.82, 2.24) is 0 Å². The van der Waals surface area contributed by atoms with Crippen LogP contribution in [-0.2, 0) is 0 Å². The van der Waals surface area contributed by atoms with Crippen LogP contribution in [0.25, 0.3) is 0 Å². The number of halogens is 4. The minimum atomic E-state index is -0.923. The first kappa shape index (κ1) is 14.3. The third-order valence-corrected chi connectivity index (χ3v) is 2.18. The Kier molecular flexibility index (Phi) is 5.73. The summed E-state index contributed by atoms with van der Waals surface area (Å²) in [5.41, 5.74) is 5.20. The molecule has 0 saturated carbocycles. The van der Waals surface area contributed by atoms with Gasteiger partial charge in [-0.2, -0.15) is 5.26 Å². The van der Waals surface area contributed by atoms with Crippen LogP contribution in [0.2, 0.25) is 0 Å². The van der Waals surface area contributed by atoms with Gasteiger partial charge in [0, 0.05) is 16.1 Å². The quantitative estimate of drug-likeness (QED) is 0.912.